The van der Waals surface area contributed by atoms with Crippen LogP contribution in [0.15, 0.2) is 78.9 Å². The summed E-state index contributed by atoms with van der Waals surface area (Å²) < 4.78 is 0. The van der Waals surface area contributed by atoms with Crippen molar-refractivity contribution in [3.63, 3.8) is 0 Å². The number of fused-ring (bicyclic) bond motifs is 2. The number of nitrogens with zero attached hydrogens (tertiary/aromatic N) is 2. The largest absolute Gasteiger partial charge is 1.00 e. The van der Waals surface area contributed by atoms with Crippen LogP contribution in [0.1, 0.15) is 59.2 Å². The average Bonchev–Trinajstić information content (AvgIpc) is 3.23. The molecule has 4 amide bonds. The molecule has 0 saturated carbocycles. The number of rotatable bonds is 3. The van der Waals surface area contributed by atoms with E-state index in [0.717, 1.165) is 4.90 Å². The third-order valence-corrected chi connectivity index (χ3v) is 4.87. The summed E-state index contributed by atoms with van der Waals surface area (Å²) in [6.07, 6.45) is 0. The molecule has 33 heavy (non-hydrogen) atoms. The standard InChI is InChI=1S/C16H11NO3.C8H5NO2.CH4.K/c18-14(11-6-2-1-3-7-11)10-17-15(19)12-8-4-5-9-13(12)16(17)20;10-7-5-3-1-2-4-6(5)8(11)9-7;;/h1-9H,10H2;1-4H,(H,9,10,11);1H4;/q;;;+1/p-1. The van der Waals surface area contributed by atoms with Gasteiger partial charge in [-0.15, -0.1) is 0 Å². The second-order valence-corrected chi connectivity index (χ2v) is 6.80. The van der Waals surface area contributed by atoms with Crippen LogP contribution in [0.4, 0.5) is 0 Å². The number of carbonyl (C=O) groups is 5. The summed E-state index contributed by atoms with van der Waals surface area (Å²) in [5, 5.41) is 3.28. The van der Waals surface area contributed by atoms with Gasteiger partial charge in [-0.1, -0.05) is 74.2 Å². The number of ketones is 1. The topological polar surface area (TPSA) is 103 Å². The Kier molecular flexibility index (Phi) is 9.15. The third-order valence-electron chi connectivity index (χ3n) is 4.87. The number of hydrogen-bond donors (Lipinski definition) is 0. The first-order chi connectivity index (χ1) is 15.0. The van der Waals surface area contributed by atoms with Crippen LogP contribution in [0.3, 0.4) is 0 Å². The molecule has 0 N–H and O–H groups in total. The van der Waals surface area contributed by atoms with Gasteiger partial charge in [0.05, 0.1) is 29.5 Å². The second kappa shape index (κ2) is 11.4. The molecule has 2 aliphatic rings. The van der Waals surface area contributed by atoms with E-state index < -0.39 is 23.6 Å². The van der Waals surface area contributed by atoms with Crippen LogP contribution in [-0.4, -0.2) is 40.9 Å². The molecule has 0 aliphatic carbocycles. The number of imide groups is 2. The average molecular weight is 467 g/mol. The SMILES string of the molecule is C.O=C(CN1C(=O)c2ccccc2C1=O)c1ccccc1.O=C1[N-]C(=O)c2ccccc21.[K+]. The number of hydrogen-bond acceptors (Lipinski definition) is 5. The summed E-state index contributed by atoms with van der Waals surface area (Å²) in [6.45, 7) is -0.226. The van der Waals surface area contributed by atoms with Crippen molar-refractivity contribution in [3.8, 4) is 0 Å². The number of carbonyl (C=O) groups excluding carboxylic acids is 5. The molecule has 0 fully saturated rings. The van der Waals surface area contributed by atoms with E-state index in [1.165, 1.54) is 0 Å². The smallest absolute Gasteiger partial charge is 0.587 e. The van der Waals surface area contributed by atoms with Gasteiger partial charge >= 0.3 is 51.4 Å². The first-order valence-corrected chi connectivity index (χ1v) is 9.40. The van der Waals surface area contributed by atoms with Gasteiger partial charge in [0.25, 0.3) is 11.8 Å². The van der Waals surface area contributed by atoms with E-state index in [4.69, 9.17) is 0 Å². The maximum absolute atomic E-state index is 12.1. The molecule has 0 bridgehead atoms. The summed E-state index contributed by atoms with van der Waals surface area (Å²) >= 11 is 0. The molecule has 5 rings (SSSR count). The molecule has 2 heterocycles. The fraction of sp³-hybridized carbons (Fsp3) is 0.0800. The Balaban J connectivity index is 0.000000254. The maximum atomic E-state index is 12.1. The van der Waals surface area contributed by atoms with Crippen molar-refractivity contribution in [2.45, 2.75) is 7.43 Å². The number of amides is 4. The van der Waals surface area contributed by atoms with Gasteiger partial charge in [-0.3, -0.25) is 19.3 Å². The van der Waals surface area contributed by atoms with E-state index in [2.05, 4.69) is 5.32 Å². The van der Waals surface area contributed by atoms with Crippen molar-refractivity contribution in [3.05, 3.63) is 112 Å². The zero-order valence-electron chi connectivity index (χ0n) is 17.1. The van der Waals surface area contributed by atoms with Crippen LogP contribution in [0.25, 0.3) is 5.32 Å². The first kappa shape index (κ1) is 26.5. The van der Waals surface area contributed by atoms with Gasteiger partial charge in [0.15, 0.2) is 5.78 Å². The van der Waals surface area contributed by atoms with Crippen LogP contribution < -0.4 is 51.4 Å². The van der Waals surface area contributed by atoms with E-state index >= 15 is 0 Å². The van der Waals surface area contributed by atoms with Gasteiger partial charge in [0.1, 0.15) is 0 Å². The van der Waals surface area contributed by atoms with Crippen LogP contribution in [0.5, 0.6) is 0 Å². The molecular formula is C25H19KN2O5. The van der Waals surface area contributed by atoms with Crippen LogP contribution in [-0.2, 0) is 0 Å². The van der Waals surface area contributed by atoms with Crippen molar-refractivity contribution in [2.75, 3.05) is 6.54 Å². The fourth-order valence-corrected chi connectivity index (χ4v) is 3.31. The fourth-order valence-electron chi connectivity index (χ4n) is 3.31. The van der Waals surface area contributed by atoms with E-state index in [1.54, 1.807) is 78.9 Å². The third kappa shape index (κ3) is 5.43. The molecule has 0 saturated heterocycles. The Labute approximate surface area is 233 Å². The molecule has 160 valence electrons. The van der Waals surface area contributed by atoms with Gasteiger partial charge < -0.3 is 14.9 Å². The summed E-state index contributed by atoms with van der Waals surface area (Å²) in [5.41, 5.74) is 2.04. The molecule has 2 aliphatic heterocycles. The zero-order chi connectivity index (χ0) is 22.0. The Hall–Kier alpha value is -2.75. The quantitative estimate of drug-likeness (QED) is 0.327. The molecule has 0 unspecified atom stereocenters. The van der Waals surface area contributed by atoms with Crippen molar-refractivity contribution in [1.82, 2.24) is 4.90 Å². The Bertz CT molecular complexity index is 1170. The van der Waals surface area contributed by atoms with Gasteiger partial charge in [-0.05, 0) is 12.1 Å². The molecular weight excluding hydrogens is 447 g/mol. The Morgan fingerprint density at radius 1 is 0.636 bits per heavy atom. The minimum Gasteiger partial charge on any atom is -0.587 e. The van der Waals surface area contributed by atoms with Crippen LogP contribution in [0.2, 0.25) is 0 Å². The predicted molar refractivity (Wildman–Crippen MR) is 118 cm³/mol. The minimum absolute atomic E-state index is 0. The second-order valence-electron chi connectivity index (χ2n) is 6.80. The Morgan fingerprint density at radius 2 is 1.03 bits per heavy atom. The number of benzene rings is 3. The zero-order valence-corrected chi connectivity index (χ0v) is 20.3. The molecule has 0 atom stereocenters. The summed E-state index contributed by atoms with van der Waals surface area (Å²) in [6, 6.07) is 21.9. The van der Waals surface area contributed by atoms with Gasteiger partial charge in [-0.25, -0.2) is 0 Å². The maximum Gasteiger partial charge on any atom is 1.00 e. The molecule has 7 nitrogen and oxygen atoms in total. The van der Waals surface area contributed by atoms with Crippen LogP contribution in [0, 0.1) is 0 Å². The van der Waals surface area contributed by atoms with E-state index in [0.29, 0.717) is 27.8 Å². The monoisotopic (exact) mass is 466 g/mol. The van der Waals surface area contributed by atoms with Gasteiger partial charge in [0, 0.05) is 16.7 Å². The number of Topliss-reactive ketones (excluding diaryl/α,β-unsaturated/α-hetero) is 1. The summed E-state index contributed by atoms with van der Waals surface area (Å²) in [7, 11) is 0. The van der Waals surface area contributed by atoms with Gasteiger partial charge in [-0.2, -0.15) is 0 Å². The van der Waals surface area contributed by atoms with Crippen LogP contribution >= 0.6 is 0 Å². The molecule has 0 spiro atoms. The van der Waals surface area contributed by atoms with E-state index in [9.17, 15) is 24.0 Å². The van der Waals surface area contributed by atoms with E-state index in [1.807, 2.05) is 0 Å². The van der Waals surface area contributed by atoms with Crippen molar-refractivity contribution < 1.29 is 75.4 Å². The summed E-state index contributed by atoms with van der Waals surface area (Å²) in [4.78, 5) is 59.1. The van der Waals surface area contributed by atoms with Crippen molar-refractivity contribution in [2.24, 2.45) is 0 Å². The molecule has 0 radical (unpaired) electrons. The normalized spacial score (nSPS) is 13.0. The molecule has 0 aromatic heterocycles. The Morgan fingerprint density at radius 3 is 1.48 bits per heavy atom. The van der Waals surface area contributed by atoms with Gasteiger partial charge in [0.2, 0.25) is 0 Å². The molecule has 8 heteroatoms. The van der Waals surface area contributed by atoms with Crippen molar-refractivity contribution >= 4 is 29.4 Å². The first-order valence-electron chi connectivity index (χ1n) is 9.40. The molecule has 3 aromatic rings. The summed E-state index contributed by atoms with van der Waals surface area (Å²) in [5.74, 6) is -1.92. The predicted octanol–water partition coefficient (Wildman–Crippen LogP) is 1.16. The molecule has 3 aromatic carbocycles. The van der Waals surface area contributed by atoms with E-state index in [-0.39, 0.29) is 71.1 Å². The van der Waals surface area contributed by atoms with Crippen molar-refractivity contribution in [1.29, 1.82) is 0 Å². The minimum atomic E-state index is -0.425.